The van der Waals surface area contributed by atoms with E-state index in [-0.39, 0.29) is 6.61 Å². The van der Waals surface area contributed by atoms with Gasteiger partial charge in [0.15, 0.2) is 0 Å². The molecular formula is C12H19N3OS. The van der Waals surface area contributed by atoms with Gasteiger partial charge in [-0.1, -0.05) is 38.5 Å². The third kappa shape index (κ3) is 2.35. The van der Waals surface area contributed by atoms with Gasteiger partial charge in [-0.3, -0.25) is 0 Å². The molecule has 2 heterocycles. The van der Waals surface area contributed by atoms with Crippen molar-refractivity contribution >= 4 is 16.3 Å². The molecule has 0 fully saturated rings. The lowest BCUT2D eigenvalue weighted by molar-refractivity contribution is 0.272. The van der Waals surface area contributed by atoms with E-state index in [2.05, 4.69) is 30.9 Å². The lowest BCUT2D eigenvalue weighted by atomic mass is 10.1. The fourth-order valence-corrected chi connectivity index (χ4v) is 2.85. The van der Waals surface area contributed by atoms with E-state index < -0.39 is 0 Å². The van der Waals surface area contributed by atoms with Crippen LogP contribution in [0.25, 0.3) is 4.96 Å². The van der Waals surface area contributed by atoms with Crippen molar-refractivity contribution in [2.45, 2.75) is 52.6 Å². The molecule has 94 valence electrons. The highest BCUT2D eigenvalue weighted by Gasteiger charge is 2.17. The van der Waals surface area contributed by atoms with Gasteiger partial charge in [-0.15, -0.1) is 0 Å². The fraction of sp³-hybridized carbons (Fsp3) is 0.667. The van der Waals surface area contributed by atoms with Gasteiger partial charge in [0, 0.05) is 6.42 Å². The normalized spacial score (nSPS) is 11.8. The van der Waals surface area contributed by atoms with Crippen molar-refractivity contribution in [2.75, 3.05) is 0 Å². The van der Waals surface area contributed by atoms with Crippen molar-refractivity contribution in [3.05, 3.63) is 16.4 Å². The summed E-state index contributed by atoms with van der Waals surface area (Å²) in [6, 6.07) is 0. The third-order valence-electron chi connectivity index (χ3n) is 2.81. The molecule has 0 spiro atoms. The van der Waals surface area contributed by atoms with Crippen LogP contribution in [0.2, 0.25) is 0 Å². The zero-order valence-electron chi connectivity index (χ0n) is 10.6. The first kappa shape index (κ1) is 12.5. The first-order valence-corrected chi connectivity index (χ1v) is 6.97. The van der Waals surface area contributed by atoms with Crippen LogP contribution in [-0.4, -0.2) is 19.7 Å². The maximum Gasteiger partial charge on any atom is 0.212 e. The number of imidazole rings is 1. The maximum atomic E-state index is 9.44. The highest BCUT2D eigenvalue weighted by molar-refractivity contribution is 7.16. The molecule has 17 heavy (non-hydrogen) atoms. The van der Waals surface area contributed by atoms with Crippen LogP contribution in [0.15, 0.2) is 0 Å². The number of aliphatic hydroxyl groups excluding tert-OH is 1. The highest BCUT2D eigenvalue weighted by Crippen LogP contribution is 2.24. The van der Waals surface area contributed by atoms with Gasteiger partial charge in [0.1, 0.15) is 5.01 Å². The molecule has 0 saturated carbocycles. The average Bonchev–Trinajstić information content (AvgIpc) is 2.82. The molecule has 0 radical (unpaired) electrons. The second-order valence-electron chi connectivity index (χ2n) is 4.55. The minimum absolute atomic E-state index is 0.00559. The van der Waals surface area contributed by atoms with Crippen LogP contribution in [0, 0.1) is 0 Å². The molecular weight excluding hydrogens is 234 g/mol. The molecule has 0 unspecified atom stereocenters. The molecule has 4 nitrogen and oxygen atoms in total. The van der Waals surface area contributed by atoms with E-state index in [1.54, 1.807) is 11.3 Å². The summed E-state index contributed by atoms with van der Waals surface area (Å²) in [6.45, 7) is 6.35. The van der Waals surface area contributed by atoms with Crippen molar-refractivity contribution in [1.82, 2.24) is 14.6 Å². The Labute approximate surface area is 105 Å². The van der Waals surface area contributed by atoms with Crippen molar-refractivity contribution in [3.63, 3.8) is 0 Å². The molecule has 0 amide bonds. The van der Waals surface area contributed by atoms with E-state index in [0.29, 0.717) is 5.92 Å². The zero-order chi connectivity index (χ0) is 12.4. The summed E-state index contributed by atoms with van der Waals surface area (Å²) in [5, 5.41) is 15.1. The molecule has 0 aliphatic rings. The number of hydrogen-bond donors (Lipinski definition) is 1. The number of unbranched alkanes of at least 4 members (excludes halogenated alkanes) is 1. The van der Waals surface area contributed by atoms with Gasteiger partial charge in [0.25, 0.3) is 0 Å². The average molecular weight is 253 g/mol. The predicted octanol–water partition coefficient (Wildman–Crippen LogP) is 2.75. The van der Waals surface area contributed by atoms with Crippen LogP contribution in [0.4, 0.5) is 0 Å². The van der Waals surface area contributed by atoms with Crippen LogP contribution < -0.4 is 0 Å². The summed E-state index contributed by atoms with van der Waals surface area (Å²) in [5.41, 5.74) is 1.81. The van der Waals surface area contributed by atoms with Crippen molar-refractivity contribution < 1.29 is 5.11 Å². The van der Waals surface area contributed by atoms with Crippen LogP contribution >= 0.6 is 11.3 Å². The summed E-state index contributed by atoms with van der Waals surface area (Å²) in [7, 11) is 0. The Kier molecular flexibility index (Phi) is 3.79. The maximum absolute atomic E-state index is 9.44. The summed E-state index contributed by atoms with van der Waals surface area (Å²) >= 11 is 1.63. The standard InChI is InChI=1S/C12H19N3OS/c1-4-5-6-10-14-15-9(7-16)11(8(2)3)13-12(15)17-10/h8,16H,4-7H2,1-3H3. The summed E-state index contributed by atoms with van der Waals surface area (Å²) in [4.78, 5) is 5.48. The Morgan fingerprint density at radius 2 is 2.18 bits per heavy atom. The third-order valence-corrected chi connectivity index (χ3v) is 3.78. The van der Waals surface area contributed by atoms with Gasteiger partial charge in [0.05, 0.1) is 18.0 Å². The second kappa shape index (κ2) is 5.14. The Bertz CT molecular complexity index is 501. The number of aliphatic hydroxyl groups is 1. The molecule has 0 atom stereocenters. The van der Waals surface area contributed by atoms with E-state index in [4.69, 9.17) is 0 Å². The largest absolute Gasteiger partial charge is 0.390 e. The molecule has 0 aliphatic heterocycles. The highest BCUT2D eigenvalue weighted by atomic mass is 32.1. The van der Waals surface area contributed by atoms with Crippen LogP contribution in [0.5, 0.6) is 0 Å². The summed E-state index contributed by atoms with van der Waals surface area (Å²) < 4.78 is 1.81. The minimum Gasteiger partial charge on any atom is -0.390 e. The number of nitrogens with zero attached hydrogens (tertiary/aromatic N) is 3. The van der Waals surface area contributed by atoms with Gasteiger partial charge < -0.3 is 5.11 Å². The molecule has 1 N–H and O–H groups in total. The first-order chi connectivity index (χ1) is 8.17. The number of rotatable bonds is 5. The molecule has 5 heteroatoms. The monoisotopic (exact) mass is 253 g/mol. The second-order valence-corrected chi connectivity index (χ2v) is 5.59. The number of aromatic nitrogens is 3. The minimum atomic E-state index is 0.00559. The van der Waals surface area contributed by atoms with Crippen LogP contribution in [-0.2, 0) is 13.0 Å². The van der Waals surface area contributed by atoms with Crippen LogP contribution in [0.1, 0.15) is 55.9 Å². The molecule has 0 bridgehead atoms. The van der Waals surface area contributed by atoms with Gasteiger partial charge in [-0.05, 0) is 12.3 Å². The van der Waals surface area contributed by atoms with Gasteiger partial charge in [-0.25, -0.2) is 9.50 Å². The van der Waals surface area contributed by atoms with Crippen molar-refractivity contribution in [3.8, 4) is 0 Å². The van der Waals surface area contributed by atoms with Gasteiger partial charge in [0.2, 0.25) is 4.96 Å². The molecule has 2 rings (SSSR count). The Balaban J connectivity index is 2.39. The van der Waals surface area contributed by atoms with Crippen molar-refractivity contribution in [2.24, 2.45) is 0 Å². The molecule has 0 saturated heterocycles. The van der Waals surface area contributed by atoms with Crippen LogP contribution in [0.3, 0.4) is 0 Å². The molecule has 2 aromatic rings. The van der Waals surface area contributed by atoms with E-state index in [1.165, 1.54) is 6.42 Å². The summed E-state index contributed by atoms with van der Waals surface area (Å²) in [6.07, 6.45) is 3.33. The predicted molar refractivity (Wildman–Crippen MR) is 69.5 cm³/mol. The van der Waals surface area contributed by atoms with E-state index in [9.17, 15) is 5.11 Å². The lowest BCUT2D eigenvalue weighted by Gasteiger charge is -2.02. The lowest BCUT2D eigenvalue weighted by Crippen LogP contribution is -2.00. The van der Waals surface area contributed by atoms with E-state index in [1.807, 2.05) is 4.52 Å². The molecule has 2 aromatic heterocycles. The topological polar surface area (TPSA) is 50.4 Å². The van der Waals surface area contributed by atoms with E-state index >= 15 is 0 Å². The first-order valence-electron chi connectivity index (χ1n) is 6.15. The van der Waals surface area contributed by atoms with Gasteiger partial charge >= 0.3 is 0 Å². The smallest absolute Gasteiger partial charge is 0.212 e. The summed E-state index contributed by atoms with van der Waals surface area (Å²) in [5.74, 6) is 0.324. The molecule has 0 aromatic carbocycles. The van der Waals surface area contributed by atoms with E-state index in [0.717, 1.165) is 34.2 Å². The zero-order valence-corrected chi connectivity index (χ0v) is 11.4. The Morgan fingerprint density at radius 1 is 1.41 bits per heavy atom. The number of hydrogen-bond acceptors (Lipinski definition) is 4. The Morgan fingerprint density at radius 3 is 2.76 bits per heavy atom. The Hall–Kier alpha value is -0.940. The molecule has 0 aliphatic carbocycles. The SMILES string of the molecule is CCCCc1nn2c(CO)c(C(C)C)nc2s1. The quantitative estimate of drug-likeness (QED) is 0.891. The number of aryl methyl sites for hydroxylation is 1. The van der Waals surface area contributed by atoms with Gasteiger partial charge in [-0.2, -0.15) is 5.10 Å². The fourth-order valence-electron chi connectivity index (χ4n) is 1.88. The number of fused-ring (bicyclic) bond motifs is 1. The van der Waals surface area contributed by atoms with Crippen molar-refractivity contribution in [1.29, 1.82) is 0 Å².